The van der Waals surface area contributed by atoms with Gasteiger partial charge in [0.15, 0.2) is 15.8 Å². The van der Waals surface area contributed by atoms with Gasteiger partial charge in [-0.2, -0.15) is 5.01 Å². The molecule has 0 bridgehead atoms. The summed E-state index contributed by atoms with van der Waals surface area (Å²) in [6.45, 7) is 4.73. The molecule has 0 atom stereocenters. The van der Waals surface area contributed by atoms with Gasteiger partial charge in [-0.3, -0.25) is 15.0 Å². The Hall–Kier alpha value is -2.56. The maximum absolute atomic E-state index is 12.9. The Balaban J connectivity index is 1.81. The van der Waals surface area contributed by atoms with E-state index in [1.165, 1.54) is 0 Å². The Morgan fingerprint density at radius 1 is 1.19 bits per heavy atom. The van der Waals surface area contributed by atoms with Crippen LogP contribution in [0.4, 0.5) is 0 Å². The number of thiocarbonyl (C=S) groups is 1. The zero-order valence-corrected chi connectivity index (χ0v) is 20.9. The number of carbonyl (C=O) groups is 2. The van der Waals surface area contributed by atoms with E-state index in [2.05, 4.69) is 21.4 Å². The van der Waals surface area contributed by atoms with E-state index in [9.17, 15) is 9.59 Å². The van der Waals surface area contributed by atoms with Gasteiger partial charge in [-0.25, -0.2) is 0 Å². The van der Waals surface area contributed by atoms with Gasteiger partial charge in [-0.05, 0) is 90.0 Å². The van der Waals surface area contributed by atoms with E-state index in [1.807, 2.05) is 19.9 Å². The van der Waals surface area contributed by atoms with E-state index < -0.39 is 11.8 Å². The molecule has 0 radical (unpaired) electrons. The first kappa shape index (κ1) is 24.1. The number of thioether (sulfide) groups is 1. The number of amides is 2. The van der Waals surface area contributed by atoms with Crippen molar-refractivity contribution in [3.8, 4) is 17.2 Å². The maximum Gasteiger partial charge on any atom is 0.285 e. The Morgan fingerprint density at radius 2 is 1.88 bits per heavy atom. The quantitative estimate of drug-likeness (QED) is 0.383. The van der Waals surface area contributed by atoms with Crippen LogP contribution >= 0.6 is 39.9 Å². The number of methoxy groups -OCH3 is 1. The fourth-order valence-electron chi connectivity index (χ4n) is 2.84. The third-order valence-electron chi connectivity index (χ3n) is 4.28. The van der Waals surface area contributed by atoms with Crippen LogP contribution in [0.2, 0.25) is 0 Å². The molecule has 7 nitrogen and oxygen atoms in total. The second-order valence-corrected chi connectivity index (χ2v) is 8.91. The molecule has 0 aliphatic carbocycles. The van der Waals surface area contributed by atoms with Crippen molar-refractivity contribution in [3.05, 3.63) is 56.9 Å². The van der Waals surface area contributed by atoms with Crippen molar-refractivity contribution in [3.63, 3.8) is 0 Å². The summed E-state index contributed by atoms with van der Waals surface area (Å²) >= 11 is 9.91. The molecule has 1 aliphatic rings. The minimum absolute atomic E-state index is 0.234. The molecule has 0 unspecified atom stereocenters. The second kappa shape index (κ2) is 10.8. The molecule has 0 spiro atoms. The number of halogens is 1. The summed E-state index contributed by atoms with van der Waals surface area (Å²) in [6, 6.07) is 10.2. The van der Waals surface area contributed by atoms with E-state index in [4.69, 9.17) is 26.4 Å². The molecule has 168 valence electrons. The largest absolute Gasteiger partial charge is 0.497 e. The van der Waals surface area contributed by atoms with Crippen molar-refractivity contribution in [2.24, 2.45) is 0 Å². The molecule has 2 aromatic rings. The Labute approximate surface area is 204 Å². The topological polar surface area (TPSA) is 77.1 Å². The molecular weight excluding hydrogens is 516 g/mol. The van der Waals surface area contributed by atoms with Crippen molar-refractivity contribution < 1.29 is 23.8 Å². The molecular formula is C22H21BrN2O5S2. The van der Waals surface area contributed by atoms with Crippen molar-refractivity contribution in [2.45, 2.75) is 13.8 Å². The lowest BCUT2D eigenvalue weighted by atomic mass is 10.2. The molecule has 1 aliphatic heterocycles. The zero-order valence-electron chi connectivity index (χ0n) is 17.6. The number of hydrazine groups is 1. The molecule has 3 rings (SSSR count). The third-order valence-corrected chi connectivity index (χ3v) is 6.17. The Morgan fingerprint density at radius 3 is 2.50 bits per heavy atom. The van der Waals surface area contributed by atoms with E-state index in [-0.39, 0.29) is 4.32 Å². The number of hydrogen-bond acceptors (Lipinski definition) is 7. The van der Waals surface area contributed by atoms with Crippen molar-refractivity contribution in [1.29, 1.82) is 0 Å². The summed E-state index contributed by atoms with van der Waals surface area (Å²) in [5.41, 5.74) is 3.67. The first-order chi connectivity index (χ1) is 15.4. The molecule has 1 fully saturated rings. The standard InChI is InChI=1S/C22H21BrN2O5S2/c1-4-29-17-11-13(10-16(23)19(17)30-5-2)12-18-21(27)25(22(31)32-18)24-20(26)14-6-8-15(28-3)9-7-14/h6-12H,4-5H2,1-3H3,(H,24,26)/b18-12+. The van der Waals surface area contributed by atoms with Crippen molar-refractivity contribution >= 4 is 62.1 Å². The van der Waals surface area contributed by atoms with E-state index in [0.717, 1.165) is 22.3 Å². The first-order valence-electron chi connectivity index (χ1n) is 9.70. The molecule has 2 aromatic carbocycles. The van der Waals surface area contributed by atoms with Crippen LogP contribution in [-0.4, -0.2) is 41.5 Å². The van der Waals surface area contributed by atoms with Crippen LogP contribution < -0.4 is 19.6 Å². The molecule has 1 heterocycles. The highest BCUT2D eigenvalue weighted by Crippen LogP contribution is 2.39. The second-order valence-electron chi connectivity index (χ2n) is 6.38. The van der Waals surface area contributed by atoms with E-state index in [1.54, 1.807) is 43.5 Å². The van der Waals surface area contributed by atoms with Crippen molar-refractivity contribution in [1.82, 2.24) is 10.4 Å². The predicted octanol–water partition coefficient (Wildman–Crippen LogP) is 4.80. The lowest BCUT2D eigenvalue weighted by Gasteiger charge is -2.15. The molecule has 32 heavy (non-hydrogen) atoms. The van der Waals surface area contributed by atoms with Gasteiger partial charge in [-0.15, -0.1) is 0 Å². The SMILES string of the molecule is CCOc1cc(/C=C2/SC(=S)N(NC(=O)c3ccc(OC)cc3)C2=O)cc(Br)c1OCC. The molecule has 1 N–H and O–H groups in total. The maximum atomic E-state index is 12.9. The van der Waals surface area contributed by atoms with Crippen LogP contribution in [0, 0.1) is 0 Å². The fourth-order valence-corrected chi connectivity index (χ4v) is 4.60. The van der Waals surface area contributed by atoms with Crippen LogP contribution in [0.3, 0.4) is 0 Å². The Kier molecular flexibility index (Phi) is 8.16. The van der Waals surface area contributed by atoms with Gasteiger partial charge in [0.25, 0.3) is 11.8 Å². The normalized spacial score (nSPS) is 14.6. The number of benzene rings is 2. The minimum Gasteiger partial charge on any atom is -0.497 e. The van der Waals surface area contributed by atoms with Gasteiger partial charge in [0, 0.05) is 5.56 Å². The highest BCUT2D eigenvalue weighted by Gasteiger charge is 2.34. The lowest BCUT2D eigenvalue weighted by molar-refractivity contribution is -0.123. The van der Waals surface area contributed by atoms with Crippen LogP contribution in [0.15, 0.2) is 45.8 Å². The molecule has 10 heteroatoms. The summed E-state index contributed by atoms with van der Waals surface area (Å²) in [7, 11) is 1.54. The monoisotopic (exact) mass is 536 g/mol. The average Bonchev–Trinajstić information content (AvgIpc) is 3.03. The predicted molar refractivity (Wildman–Crippen MR) is 132 cm³/mol. The van der Waals surface area contributed by atoms with Gasteiger partial charge in [0.05, 0.1) is 29.7 Å². The molecule has 1 saturated heterocycles. The number of ether oxygens (including phenoxy) is 3. The van der Waals surface area contributed by atoms with Gasteiger partial charge in [0.1, 0.15) is 5.75 Å². The number of hydrogen-bond donors (Lipinski definition) is 1. The van der Waals surface area contributed by atoms with Crippen molar-refractivity contribution in [2.75, 3.05) is 20.3 Å². The van der Waals surface area contributed by atoms with E-state index >= 15 is 0 Å². The van der Waals surface area contributed by atoms with Gasteiger partial charge in [-0.1, -0.05) is 11.8 Å². The van der Waals surface area contributed by atoms with Crippen LogP contribution in [0.5, 0.6) is 17.2 Å². The molecule has 0 saturated carbocycles. The third kappa shape index (κ3) is 5.43. The van der Waals surface area contributed by atoms with Gasteiger partial charge < -0.3 is 14.2 Å². The van der Waals surface area contributed by atoms with E-state index in [0.29, 0.717) is 45.4 Å². The van der Waals surface area contributed by atoms with Crippen LogP contribution in [-0.2, 0) is 4.79 Å². The Bertz CT molecular complexity index is 1070. The van der Waals surface area contributed by atoms with Gasteiger partial charge in [0.2, 0.25) is 0 Å². The van der Waals surface area contributed by atoms with Crippen LogP contribution in [0.25, 0.3) is 6.08 Å². The summed E-state index contributed by atoms with van der Waals surface area (Å²) in [5, 5.41) is 1.07. The number of nitrogens with one attached hydrogen (secondary N) is 1. The molecule has 0 aromatic heterocycles. The summed E-state index contributed by atoms with van der Waals surface area (Å²) in [6.07, 6.45) is 1.70. The summed E-state index contributed by atoms with van der Waals surface area (Å²) in [4.78, 5) is 25.8. The average molecular weight is 537 g/mol. The zero-order chi connectivity index (χ0) is 23.3. The number of carbonyl (C=O) groups excluding carboxylic acids is 2. The fraction of sp³-hybridized carbons (Fsp3) is 0.227. The molecule has 2 amide bonds. The minimum atomic E-state index is -0.451. The highest BCUT2D eigenvalue weighted by molar-refractivity contribution is 9.10. The van der Waals surface area contributed by atoms with Crippen LogP contribution in [0.1, 0.15) is 29.8 Å². The lowest BCUT2D eigenvalue weighted by Crippen LogP contribution is -2.44. The smallest absolute Gasteiger partial charge is 0.285 e. The number of nitrogens with zero attached hydrogens (tertiary/aromatic N) is 1. The summed E-state index contributed by atoms with van der Waals surface area (Å²) < 4.78 is 17.4. The number of rotatable bonds is 8. The van der Waals surface area contributed by atoms with Gasteiger partial charge >= 0.3 is 0 Å². The first-order valence-corrected chi connectivity index (χ1v) is 11.7. The summed E-state index contributed by atoms with van der Waals surface area (Å²) in [5.74, 6) is 0.935. The highest BCUT2D eigenvalue weighted by atomic mass is 79.9.